The number of carbonyl (C=O) groups excluding carboxylic acids is 3. The molecule has 0 fully saturated rings. The molecule has 2 heterocycles. The minimum atomic E-state index is -0.604. The molecule has 2 aromatic carbocycles. The first kappa shape index (κ1) is 26.9. The van der Waals surface area contributed by atoms with Gasteiger partial charge in [-0.2, -0.15) is 0 Å². The van der Waals surface area contributed by atoms with Crippen LogP contribution in [0.5, 0.6) is 5.75 Å². The molecule has 1 aliphatic heterocycles. The first-order chi connectivity index (χ1) is 18.1. The summed E-state index contributed by atoms with van der Waals surface area (Å²) < 4.78 is 24.4. The van der Waals surface area contributed by atoms with Gasteiger partial charge in [0.05, 0.1) is 17.9 Å². The van der Waals surface area contributed by atoms with Gasteiger partial charge in [0.15, 0.2) is 0 Å². The van der Waals surface area contributed by atoms with Gasteiger partial charge in [0.2, 0.25) is 0 Å². The number of nitrogens with zero attached hydrogens (tertiary/aromatic N) is 2. The first-order valence-corrected chi connectivity index (χ1v) is 12.7. The monoisotopic (exact) mass is 521 g/mol. The van der Waals surface area contributed by atoms with Gasteiger partial charge >= 0.3 is 12.1 Å². The van der Waals surface area contributed by atoms with Crippen LogP contribution in [0.4, 0.5) is 9.18 Å². The van der Waals surface area contributed by atoms with E-state index in [1.807, 2.05) is 33.8 Å². The third-order valence-corrected chi connectivity index (χ3v) is 6.64. The average Bonchev–Trinajstić information content (AvgIpc) is 3.21. The molecular formula is C29H32FN3O5. The van der Waals surface area contributed by atoms with E-state index in [2.05, 4.69) is 4.98 Å². The van der Waals surface area contributed by atoms with Crippen molar-refractivity contribution in [3.63, 3.8) is 0 Å². The van der Waals surface area contributed by atoms with Crippen molar-refractivity contribution in [2.45, 2.75) is 40.0 Å². The predicted octanol–water partition coefficient (Wildman–Crippen LogP) is 5.49. The van der Waals surface area contributed by atoms with Crippen molar-refractivity contribution in [1.29, 1.82) is 0 Å². The Balaban J connectivity index is 1.81. The second-order valence-electron chi connectivity index (χ2n) is 9.71. The number of H-pyrrole nitrogens is 1. The third-order valence-electron chi connectivity index (χ3n) is 6.64. The second kappa shape index (κ2) is 10.7. The summed E-state index contributed by atoms with van der Waals surface area (Å²) in [6, 6.07) is 10.6. The van der Waals surface area contributed by atoms with Crippen molar-refractivity contribution in [1.82, 2.24) is 14.8 Å². The number of fused-ring (bicyclic) bond motifs is 3. The Morgan fingerprint density at radius 3 is 2.37 bits per heavy atom. The summed E-state index contributed by atoms with van der Waals surface area (Å²) >= 11 is 0. The van der Waals surface area contributed by atoms with E-state index in [1.165, 1.54) is 35.4 Å². The van der Waals surface area contributed by atoms with E-state index in [-0.39, 0.29) is 24.6 Å². The molecule has 2 amide bonds. The van der Waals surface area contributed by atoms with Gasteiger partial charge in [0, 0.05) is 53.8 Å². The van der Waals surface area contributed by atoms with Crippen LogP contribution in [-0.2, 0) is 14.9 Å². The van der Waals surface area contributed by atoms with Gasteiger partial charge in [-0.3, -0.25) is 4.79 Å². The number of halogens is 1. The molecule has 8 nitrogen and oxygen atoms in total. The Bertz CT molecular complexity index is 1400. The molecule has 0 saturated carbocycles. The highest BCUT2D eigenvalue weighted by Gasteiger charge is 2.37. The van der Waals surface area contributed by atoms with E-state index >= 15 is 0 Å². The van der Waals surface area contributed by atoms with Crippen LogP contribution < -0.4 is 4.74 Å². The van der Waals surface area contributed by atoms with Crippen LogP contribution in [-0.4, -0.2) is 59.0 Å². The lowest BCUT2D eigenvalue weighted by Gasteiger charge is -2.29. The number of nitrogens with one attached hydrogen (secondary N) is 1. The maximum Gasteiger partial charge on any atom is 0.415 e. The topological polar surface area (TPSA) is 91.9 Å². The Morgan fingerprint density at radius 2 is 1.74 bits per heavy atom. The van der Waals surface area contributed by atoms with E-state index in [9.17, 15) is 18.8 Å². The summed E-state index contributed by atoms with van der Waals surface area (Å²) in [5.74, 6) is -1.01. The van der Waals surface area contributed by atoms with Gasteiger partial charge in [0.1, 0.15) is 11.6 Å². The molecule has 0 aliphatic carbocycles. The highest BCUT2D eigenvalue weighted by atomic mass is 19.1. The van der Waals surface area contributed by atoms with Crippen LogP contribution in [0.15, 0.2) is 48.7 Å². The number of esters is 1. The van der Waals surface area contributed by atoms with E-state index in [4.69, 9.17) is 9.47 Å². The summed E-state index contributed by atoms with van der Waals surface area (Å²) in [5.41, 5.74) is 1.94. The molecule has 9 heteroatoms. The van der Waals surface area contributed by atoms with Crippen LogP contribution in [0.3, 0.4) is 0 Å². The minimum absolute atomic E-state index is 0.159. The fourth-order valence-corrected chi connectivity index (χ4v) is 4.82. The number of carbonyl (C=O) groups is 3. The molecular weight excluding hydrogens is 489 g/mol. The molecule has 0 bridgehead atoms. The van der Waals surface area contributed by atoms with Gasteiger partial charge in [0.25, 0.3) is 5.91 Å². The van der Waals surface area contributed by atoms with Crippen molar-refractivity contribution >= 4 is 34.4 Å². The fraction of sp³-hybridized carbons (Fsp3) is 0.345. The zero-order valence-electron chi connectivity index (χ0n) is 22.3. The Morgan fingerprint density at radius 1 is 1.05 bits per heavy atom. The standard InChI is InChI=1S/C29H32FN3O5/c1-6-32(7-2)28(36)38-20-13-14-21-23(15-20)31-25-22(27(35)37-8-3)16-33(17-29(4,5)24(21)25)26(34)18-9-11-19(30)12-10-18/h9-16,31H,6-8,17H2,1-5H3. The Labute approximate surface area is 221 Å². The van der Waals surface area contributed by atoms with Crippen molar-refractivity contribution in [3.05, 3.63) is 71.3 Å². The summed E-state index contributed by atoms with van der Waals surface area (Å²) in [7, 11) is 0. The molecule has 1 N–H and O–H groups in total. The number of ether oxygens (including phenoxy) is 2. The SMILES string of the molecule is CCOC(=O)C1=CN(C(=O)c2ccc(F)cc2)CC(C)(C)c2c1[nH]c1cc(OC(=O)N(CC)CC)ccc21. The molecule has 0 spiro atoms. The molecule has 3 aromatic rings. The molecule has 0 saturated heterocycles. The van der Waals surface area contributed by atoms with Crippen LogP contribution >= 0.6 is 0 Å². The smallest absolute Gasteiger partial charge is 0.415 e. The quantitative estimate of drug-likeness (QED) is 0.434. The minimum Gasteiger partial charge on any atom is -0.462 e. The van der Waals surface area contributed by atoms with Crippen LogP contribution in [0.1, 0.15) is 56.2 Å². The zero-order valence-corrected chi connectivity index (χ0v) is 22.3. The fourth-order valence-electron chi connectivity index (χ4n) is 4.82. The number of benzene rings is 2. The highest BCUT2D eigenvalue weighted by molar-refractivity contribution is 6.18. The zero-order chi connectivity index (χ0) is 27.6. The van der Waals surface area contributed by atoms with Crippen molar-refractivity contribution in [2.75, 3.05) is 26.2 Å². The van der Waals surface area contributed by atoms with Crippen molar-refractivity contribution in [3.8, 4) is 5.75 Å². The lowest BCUT2D eigenvalue weighted by Crippen LogP contribution is -2.37. The number of amides is 2. The van der Waals surface area contributed by atoms with Crippen molar-refractivity contribution in [2.24, 2.45) is 0 Å². The van der Waals surface area contributed by atoms with E-state index in [0.29, 0.717) is 35.6 Å². The molecule has 200 valence electrons. The molecule has 38 heavy (non-hydrogen) atoms. The van der Waals surface area contributed by atoms with Gasteiger partial charge in [-0.1, -0.05) is 13.8 Å². The Kier molecular flexibility index (Phi) is 7.57. The molecule has 1 aromatic heterocycles. The summed E-state index contributed by atoms with van der Waals surface area (Å²) in [4.78, 5) is 45.4. The normalized spacial score (nSPS) is 14.4. The van der Waals surface area contributed by atoms with E-state index in [0.717, 1.165) is 10.9 Å². The number of rotatable bonds is 6. The lowest BCUT2D eigenvalue weighted by atomic mass is 9.81. The molecule has 0 radical (unpaired) electrons. The number of aromatic nitrogens is 1. The molecule has 4 rings (SSSR count). The summed E-state index contributed by atoms with van der Waals surface area (Å²) in [6.07, 6.45) is 1.05. The molecule has 0 unspecified atom stereocenters. The van der Waals surface area contributed by atoms with E-state index in [1.54, 1.807) is 24.0 Å². The maximum absolute atomic E-state index is 13.5. The summed E-state index contributed by atoms with van der Waals surface area (Å²) in [5, 5.41) is 0.832. The van der Waals surface area contributed by atoms with Gasteiger partial charge in [-0.25, -0.2) is 14.0 Å². The summed E-state index contributed by atoms with van der Waals surface area (Å²) in [6.45, 7) is 10.9. The highest BCUT2D eigenvalue weighted by Crippen LogP contribution is 2.41. The number of aromatic amines is 1. The lowest BCUT2D eigenvalue weighted by molar-refractivity contribution is -0.136. The van der Waals surface area contributed by atoms with Gasteiger partial charge in [-0.05, 0) is 62.7 Å². The number of hydrogen-bond acceptors (Lipinski definition) is 5. The maximum atomic E-state index is 13.5. The average molecular weight is 522 g/mol. The van der Waals surface area contributed by atoms with Gasteiger partial charge < -0.3 is 24.3 Å². The second-order valence-corrected chi connectivity index (χ2v) is 9.71. The first-order valence-electron chi connectivity index (χ1n) is 12.7. The van der Waals surface area contributed by atoms with Crippen LogP contribution in [0.2, 0.25) is 0 Å². The number of hydrogen-bond donors (Lipinski definition) is 1. The largest absolute Gasteiger partial charge is 0.462 e. The third kappa shape index (κ3) is 5.14. The van der Waals surface area contributed by atoms with Crippen LogP contribution in [0, 0.1) is 5.82 Å². The van der Waals surface area contributed by atoms with E-state index < -0.39 is 23.3 Å². The molecule has 0 atom stereocenters. The van der Waals surface area contributed by atoms with Crippen molar-refractivity contribution < 1.29 is 28.2 Å². The Hall–Kier alpha value is -4.14. The van der Waals surface area contributed by atoms with Crippen LogP contribution in [0.25, 0.3) is 16.5 Å². The molecule has 1 aliphatic rings. The van der Waals surface area contributed by atoms with Gasteiger partial charge in [-0.15, -0.1) is 0 Å². The predicted molar refractivity (Wildman–Crippen MR) is 142 cm³/mol.